The Morgan fingerprint density at radius 2 is 1.86 bits per heavy atom. The highest BCUT2D eigenvalue weighted by Crippen LogP contribution is 2.43. The lowest BCUT2D eigenvalue weighted by Crippen LogP contribution is -2.39. The first-order chi connectivity index (χ1) is 10.2. The van der Waals surface area contributed by atoms with Crippen LogP contribution in [0.3, 0.4) is 0 Å². The molecule has 4 rings (SSSR count). The number of halogens is 1. The number of aromatic nitrogens is 2. The summed E-state index contributed by atoms with van der Waals surface area (Å²) in [6, 6.07) is 7.05. The summed E-state index contributed by atoms with van der Waals surface area (Å²) in [6.07, 6.45) is 9.77. The second-order valence-electron chi connectivity index (χ2n) is 6.74. The minimum Gasteiger partial charge on any atom is -0.323 e. The predicted molar refractivity (Wildman–Crippen MR) is 89.3 cm³/mol. The molecule has 2 aliphatic rings. The molecule has 2 aromatic rings. The average Bonchev–Trinajstić information content (AvgIpc) is 3.25. The molecule has 2 N–H and O–H groups in total. The minimum absolute atomic E-state index is 0.232. The van der Waals surface area contributed by atoms with Gasteiger partial charge in [0.05, 0.1) is 16.6 Å². The highest BCUT2D eigenvalue weighted by molar-refractivity contribution is 9.10. The van der Waals surface area contributed by atoms with Gasteiger partial charge in [-0.15, -0.1) is 0 Å². The maximum absolute atomic E-state index is 6.85. The lowest BCUT2D eigenvalue weighted by Gasteiger charge is -2.28. The Labute approximate surface area is 134 Å². The fraction of sp³-hybridized carbons (Fsp3) is 0.588. The topological polar surface area (TPSA) is 43.8 Å². The van der Waals surface area contributed by atoms with E-state index in [4.69, 9.17) is 10.7 Å². The third-order valence-electron chi connectivity index (χ3n) is 5.00. The van der Waals surface area contributed by atoms with E-state index in [1.54, 1.807) is 0 Å². The number of nitrogens with zero attached hydrogens (tertiary/aromatic N) is 2. The van der Waals surface area contributed by atoms with Gasteiger partial charge in [0.15, 0.2) is 0 Å². The van der Waals surface area contributed by atoms with Crippen molar-refractivity contribution in [3.05, 3.63) is 28.5 Å². The summed E-state index contributed by atoms with van der Waals surface area (Å²) >= 11 is 3.56. The van der Waals surface area contributed by atoms with E-state index >= 15 is 0 Å². The first-order valence-corrected chi connectivity index (χ1v) is 8.93. The largest absolute Gasteiger partial charge is 0.323 e. The Bertz CT molecular complexity index is 664. The molecule has 112 valence electrons. The number of imidazole rings is 1. The third-order valence-corrected chi connectivity index (χ3v) is 5.50. The van der Waals surface area contributed by atoms with Crippen LogP contribution in [0.25, 0.3) is 11.0 Å². The summed E-state index contributed by atoms with van der Waals surface area (Å²) < 4.78 is 3.54. The van der Waals surface area contributed by atoms with E-state index in [1.807, 2.05) is 0 Å². The van der Waals surface area contributed by atoms with Crippen LogP contribution in [0.2, 0.25) is 0 Å². The Kier molecular flexibility index (Phi) is 3.34. The highest BCUT2D eigenvalue weighted by atomic mass is 79.9. The maximum atomic E-state index is 6.85. The zero-order valence-corrected chi connectivity index (χ0v) is 13.9. The van der Waals surface area contributed by atoms with Crippen molar-refractivity contribution in [3.8, 4) is 0 Å². The number of benzene rings is 1. The fourth-order valence-corrected chi connectivity index (χ4v) is 4.06. The molecular formula is C17H22BrN3. The first kappa shape index (κ1) is 13.8. The van der Waals surface area contributed by atoms with Gasteiger partial charge in [0.25, 0.3) is 0 Å². The molecule has 1 aromatic carbocycles. The van der Waals surface area contributed by atoms with Crippen molar-refractivity contribution in [1.82, 2.24) is 9.55 Å². The van der Waals surface area contributed by atoms with Crippen LogP contribution in [0.1, 0.15) is 63.2 Å². The van der Waals surface area contributed by atoms with Crippen molar-refractivity contribution >= 4 is 27.0 Å². The highest BCUT2D eigenvalue weighted by Gasteiger charge is 2.37. The molecule has 1 aromatic heterocycles. The number of fused-ring (bicyclic) bond motifs is 1. The smallest absolute Gasteiger partial charge is 0.130 e. The quantitative estimate of drug-likeness (QED) is 0.804. The summed E-state index contributed by atoms with van der Waals surface area (Å²) in [6.45, 7) is 0. The number of nitrogens with two attached hydrogens (primary N) is 1. The number of hydrogen-bond donors (Lipinski definition) is 1. The van der Waals surface area contributed by atoms with Crippen LogP contribution in [0.15, 0.2) is 22.7 Å². The monoisotopic (exact) mass is 347 g/mol. The summed E-state index contributed by atoms with van der Waals surface area (Å²) in [5, 5.41) is 0. The number of hydrogen-bond acceptors (Lipinski definition) is 2. The van der Waals surface area contributed by atoms with Crippen LogP contribution in [-0.2, 0) is 5.54 Å². The molecular weight excluding hydrogens is 326 g/mol. The van der Waals surface area contributed by atoms with E-state index in [-0.39, 0.29) is 5.54 Å². The SMILES string of the molecule is NC1(c2nc3cc(Br)ccc3n2C2CC2)CCCCCC1. The van der Waals surface area contributed by atoms with Crippen molar-refractivity contribution in [2.24, 2.45) is 5.73 Å². The molecule has 0 atom stereocenters. The zero-order valence-electron chi connectivity index (χ0n) is 12.3. The van der Waals surface area contributed by atoms with Gasteiger partial charge in [0.1, 0.15) is 5.82 Å². The van der Waals surface area contributed by atoms with Gasteiger partial charge in [-0.1, -0.05) is 41.6 Å². The van der Waals surface area contributed by atoms with Crippen molar-refractivity contribution in [1.29, 1.82) is 0 Å². The van der Waals surface area contributed by atoms with Gasteiger partial charge < -0.3 is 10.3 Å². The molecule has 0 radical (unpaired) electrons. The Hall–Kier alpha value is -0.870. The van der Waals surface area contributed by atoms with Gasteiger partial charge in [-0.2, -0.15) is 0 Å². The molecule has 0 unspecified atom stereocenters. The predicted octanol–water partition coefficient (Wildman–Crippen LogP) is 4.64. The molecule has 2 aliphatic carbocycles. The normalized spacial score (nSPS) is 22.4. The second kappa shape index (κ2) is 5.10. The van der Waals surface area contributed by atoms with Gasteiger partial charge in [-0.25, -0.2) is 4.98 Å². The van der Waals surface area contributed by atoms with E-state index in [9.17, 15) is 0 Å². The van der Waals surface area contributed by atoms with E-state index in [0.717, 1.165) is 28.7 Å². The van der Waals surface area contributed by atoms with Crippen LogP contribution in [0.5, 0.6) is 0 Å². The van der Waals surface area contributed by atoms with Crippen LogP contribution < -0.4 is 5.73 Å². The molecule has 2 saturated carbocycles. The Morgan fingerprint density at radius 1 is 1.14 bits per heavy atom. The molecule has 0 aliphatic heterocycles. The van der Waals surface area contributed by atoms with Crippen molar-refractivity contribution in [2.45, 2.75) is 62.9 Å². The minimum atomic E-state index is -0.232. The van der Waals surface area contributed by atoms with Crippen molar-refractivity contribution in [2.75, 3.05) is 0 Å². The van der Waals surface area contributed by atoms with Crippen LogP contribution in [-0.4, -0.2) is 9.55 Å². The second-order valence-corrected chi connectivity index (χ2v) is 7.66. The van der Waals surface area contributed by atoms with Gasteiger partial charge >= 0.3 is 0 Å². The molecule has 0 amide bonds. The third kappa shape index (κ3) is 2.42. The summed E-state index contributed by atoms with van der Waals surface area (Å²) in [5.74, 6) is 1.14. The van der Waals surface area contributed by atoms with E-state index < -0.39 is 0 Å². The van der Waals surface area contributed by atoms with Crippen LogP contribution in [0.4, 0.5) is 0 Å². The lowest BCUT2D eigenvalue weighted by molar-refractivity contribution is 0.349. The average molecular weight is 348 g/mol. The molecule has 2 fully saturated rings. The van der Waals surface area contributed by atoms with Crippen molar-refractivity contribution in [3.63, 3.8) is 0 Å². The molecule has 3 nitrogen and oxygen atoms in total. The lowest BCUT2D eigenvalue weighted by atomic mass is 9.90. The first-order valence-electron chi connectivity index (χ1n) is 8.14. The van der Waals surface area contributed by atoms with Gasteiger partial charge in [-0.3, -0.25) is 0 Å². The zero-order chi connectivity index (χ0) is 14.4. The fourth-order valence-electron chi connectivity index (χ4n) is 3.71. The van der Waals surface area contributed by atoms with Gasteiger partial charge in [0, 0.05) is 10.5 Å². The molecule has 21 heavy (non-hydrogen) atoms. The summed E-state index contributed by atoms with van der Waals surface area (Å²) in [7, 11) is 0. The van der Waals surface area contributed by atoms with E-state index in [0.29, 0.717) is 6.04 Å². The molecule has 0 bridgehead atoms. The molecule has 0 saturated heterocycles. The molecule has 1 heterocycles. The van der Waals surface area contributed by atoms with Crippen LogP contribution in [0, 0.1) is 0 Å². The van der Waals surface area contributed by atoms with E-state index in [2.05, 4.69) is 38.7 Å². The molecule has 4 heteroatoms. The standard InChI is InChI=1S/C17H22BrN3/c18-12-5-8-15-14(11-12)20-16(21(15)13-6-7-13)17(19)9-3-1-2-4-10-17/h5,8,11,13H,1-4,6-7,9-10,19H2. The van der Waals surface area contributed by atoms with E-state index in [1.165, 1.54) is 44.0 Å². The summed E-state index contributed by atoms with van der Waals surface area (Å²) in [5.41, 5.74) is 8.96. The van der Waals surface area contributed by atoms with Crippen LogP contribution >= 0.6 is 15.9 Å². The Morgan fingerprint density at radius 3 is 2.52 bits per heavy atom. The van der Waals surface area contributed by atoms with Gasteiger partial charge in [0.2, 0.25) is 0 Å². The Balaban J connectivity index is 1.88. The summed E-state index contributed by atoms with van der Waals surface area (Å²) in [4.78, 5) is 4.98. The van der Waals surface area contributed by atoms with Gasteiger partial charge in [-0.05, 0) is 43.9 Å². The number of rotatable bonds is 2. The maximum Gasteiger partial charge on any atom is 0.130 e. The molecule has 0 spiro atoms. The van der Waals surface area contributed by atoms with Crippen molar-refractivity contribution < 1.29 is 0 Å².